The minimum Gasteiger partial charge on any atom is -0.333 e. The van der Waals surface area contributed by atoms with Gasteiger partial charge in [0, 0.05) is 30.9 Å². The number of anilines is 2. The number of benzene rings is 2. The van der Waals surface area contributed by atoms with Crippen molar-refractivity contribution in [3.63, 3.8) is 0 Å². The van der Waals surface area contributed by atoms with Crippen LogP contribution in [0.1, 0.15) is 26.2 Å². The fourth-order valence-electron chi connectivity index (χ4n) is 3.19. The molecule has 26 heavy (non-hydrogen) atoms. The van der Waals surface area contributed by atoms with E-state index < -0.39 is 0 Å². The van der Waals surface area contributed by atoms with E-state index in [1.165, 1.54) is 0 Å². The molecular formula is C21H25N3O2. The zero-order chi connectivity index (χ0) is 18.4. The molecule has 0 bridgehead atoms. The van der Waals surface area contributed by atoms with Crippen molar-refractivity contribution in [2.45, 2.75) is 32.2 Å². The first-order valence-corrected chi connectivity index (χ1v) is 9.17. The second-order valence-electron chi connectivity index (χ2n) is 6.53. The number of unbranched alkanes of at least 4 members (excludes halogenated alkanes) is 1. The molecule has 0 aliphatic carbocycles. The van der Waals surface area contributed by atoms with Gasteiger partial charge in [0.15, 0.2) is 0 Å². The van der Waals surface area contributed by atoms with Crippen LogP contribution < -0.4 is 15.1 Å². The average molecular weight is 351 g/mol. The Morgan fingerprint density at radius 2 is 1.77 bits per heavy atom. The van der Waals surface area contributed by atoms with Crippen LogP contribution in [0.2, 0.25) is 0 Å². The van der Waals surface area contributed by atoms with Gasteiger partial charge in [0.05, 0.1) is 6.04 Å². The third-order valence-corrected chi connectivity index (χ3v) is 4.57. The van der Waals surface area contributed by atoms with Crippen LogP contribution in [0.15, 0.2) is 60.7 Å². The maximum Gasteiger partial charge on any atom is 0.322 e. The van der Waals surface area contributed by atoms with Crippen molar-refractivity contribution in [3.8, 4) is 0 Å². The summed E-state index contributed by atoms with van der Waals surface area (Å²) in [6.45, 7) is 3.27. The van der Waals surface area contributed by atoms with Crippen LogP contribution >= 0.6 is 0 Å². The zero-order valence-electron chi connectivity index (χ0n) is 15.1. The molecule has 1 saturated heterocycles. The first-order valence-electron chi connectivity index (χ1n) is 9.17. The molecule has 0 aromatic heterocycles. The number of amides is 3. The lowest BCUT2D eigenvalue weighted by atomic mass is 10.2. The van der Waals surface area contributed by atoms with Crippen molar-refractivity contribution in [2.24, 2.45) is 0 Å². The highest BCUT2D eigenvalue weighted by molar-refractivity contribution is 5.98. The summed E-state index contributed by atoms with van der Waals surface area (Å²) in [6.07, 6.45) is 2.28. The molecule has 1 atom stereocenters. The summed E-state index contributed by atoms with van der Waals surface area (Å²) in [6, 6.07) is 18.9. The molecule has 1 aliphatic heterocycles. The van der Waals surface area contributed by atoms with Crippen molar-refractivity contribution in [2.75, 3.05) is 22.9 Å². The number of carbonyl (C=O) groups excluding carboxylic acids is 2. The lowest BCUT2D eigenvalue weighted by Crippen LogP contribution is -2.46. The predicted octanol–water partition coefficient (Wildman–Crippen LogP) is 3.81. The summed E-state index contributed by atoms with van der Waals surface area (Å²) in [4.78, 5) is 28.7. The Bertz CT molecular complexity index is 733. The largest absolute Gasteiger partial charge is 0.333 e. The smallest absolute Gasteiger partial charge is 0.322 e. The molecule has 2 aromatic rings. The third-order valence-electron chi connectivity index (χ3n) is 4.57. The van der Waals surface area contributed by atoms with Gasteiger partial charge in [-0.25, -0.2) is 4.79 Å². The number of hydrogen-bond acceptors (Lipinski definition) is 2. The molecular weight excluding hydrogens is 326 g/mol. The molecule has 0 spiro atoms. The summed E-state index contributed by atoms with van der Waals surface area (Å²) >= 11 is 0. The minimum absolute atomic E-state index is 0.0429. The van der Waals surface area contributed by atoms with Gasteiger partial charge < -0.3 is 10.2 Å². The van der Waals surface area contributed by atoms with Crippen molar-refractivity contribution in [1.82, 2.24) is 5.32 Å². The number of rotatable bonds is 6. The first kappa shape index (κ1) is 18.0. The summed E-state index contributed by atoms with van der Waals surface area (Å²) in [7, 11) is 0. The Kier molecular flexibility index (Phi) is 5.89. The van der Waals surface area contributed by atoms with Crippen LogP contribution in [-0.2, 0) is 4.79 Å². The topological polar surface area (TPSA) is 52.7 Å². The Labute approximate surface area is 154 Å². The van der Waals surface area contributed by atoms with Crippen LogP contribution in [0.3, 0.4) is 0 Å². The van der Waals surface area contributed by atoms with Crippen LogP contribution in [0.5, 0.6) is 0 Å². The van der Waals surface area contributed by atoms with Crippen molar-refractivity contribution >= 4 is 23.3 Å². The number of nitrogens with zero attached hydrogens (tertiary/aromatic N) is 2. The van der Waals surface area contributed by atoms with E-state index in [1.54, 1.807) is 9.80 Å². The molecule has 1 aliphatic rings. The second kappa shape index (κ2) is 8.52. The molecule has 136 valence electrons. The summed E-state index contributed by atoms with van der Waals surface area (Å²) < 4.78 is 0. The van der Waals surface area contributed by atoms with E-state index in [-0.39, 0.29) is 18.0 Å². The SMILES string of the molecule is CCCCN(C(=O)N[C@@H]1CC(=O)N(c2ccccc2)C1)c1ccccc1. The van der Waals surface area contributed by atoms with Gasteiger partial charge in [-0.15, -0.1) is 0 Å². The van der Waals surface area contributed by atoms with Gasteiger partial charge in [0.25, 0.3) is 0 Å². The van der Waals surface area contributed by atoms with Crippen LogP contribution in [0.4, 0.5) is 16.2 Å². The van der Waals surface area contributed by atoms with Gasteiger partial charge in [0.1, 0.15) is 0 Å². The third kappa shape index (κ3) is 4.23. The molecule has 2 aromatic carbocycles. The minimum atomic E-state index is -0.178. The molecule has 1 heterocycles. The summed E-state index contributed by atoms with van der Waals surface area (Å²) in [5.74, 6) is 0.0429. The van der Waals surface area contributed by atoms with Crippen molar-refractivity contribution in [3.05, 3.63) is 60.7 Å². The number of nitrogens with one attached hydrogen (secondary N) is 1. The molecule has 0 unspecified atom stereocenters. The van der Waals surface area contributed by atoms with E-state index >= 15 is 0 Å². The Morgan fingerprint density at radius 1 is 1.12 bits per heavy atom. The van der Waals surface area contributed by atoms with E-state index in [4.69, 9.17) is 0 Å². The quantitative estimate of drug-likeness (QED) is 0.860. The van der Waals surface area contributed by atoms with E-state index in [1.807, 2.05) is 60.7 Å². The molecule has 3 rings (SSSR count). The van der Waals surface area contributed by atoms with Crippen LogP contribution in [0.25, 0.3) is 0 Å². The van der Waals surface area contributed by atoms with E-state index in [9.17, 15) is 9.59 Å². The van der Waals surface area contributed by atoms with Gasteiger partial charge in [0.2, 0.25) is 5.91 Å². The normalized spacial score (nSPS) is 16.6. The highest BCUT2D eigenvalue weighted by Gasteiger charge is 2.32. The number of urea groups is 1. The number of para-hydroxylation sites is 2. The predicted molar refractivity (Wildman–Crippen MR) is 104 cm³/mol. The zero-order valence-corrected chi connectivity index (χ0v) is 15.1. The Morgan fingerprint density at radius 3 is 2.42 bits per heavy atom. The van der Waals surface area contributed by atoms with Gasteiger partial charge in [-0.3, -0.25) is 9.69 Å². The average Bonchev–Trinajstić information content (AvgIpc) is 3.03. The molecule has 1 N–H and O–H groups in total. The second-order valence-corrected chi connectivity index (χ2v) is 6.53. The van der Waals surface area contributed by atoms with Crippen LogP contribution in [-0.4, -0.2) is 31.1 Å². The summed E-state index contributed by atoms with van der Waals surface area (Å²) in [5.41, 5.74) is 1.75. The van der Waals surface area contributed by atoms with Gasteiger partial charge >= 0.3 is 6.03 Å². The van der Waals surface area contributed by atoms with Crippen LogP contribution in [0, 0.1) is 0 Å². The lowest BCUT2D eigenvalue weighted by molar-refractivity contribution is -0.117. The maximum atomic E-state index is 12.8. The highest BCUT2D eigenvalue weighted by atomic mass is 16.2. The van der Waals surface area contributed by atoms with Crippen molar-refractivity contribution in [1.29, 1.82) is 0 Å². The number of carbonyl (C=O) groups is 2. The van der Waals surface area contributed by atoms with Gasteiger partial charge in [-0.1, -0.05) is 49.7 Å². The molecule has 0 radical (unpaired) electrons. The monoisotopic (exact) mass is 351 g/mol. The standard InChI is InChI=1S/C21H25N3O2/c1-2-3-14-23(18-10-6-4-7-11-18)21(26)22-17-15-20(25)24(16-17)19-12-8-5-9-13-19/h4-13,17H,2-3,14-16H2,1H3,(H,22,26)/t17-/m1/s1. The van der Waals surface area contributed by atoms with Crippen molar-refractivity contribution < 1.29 is 9.59 Å². The Hall–Kier alpha value is -2.82. The lowest BCUT2D eigenvalue weighted by Gasteiger charge is -2.25. The molecule has 0 saturated carbocycles. The Balaban J connectivity index is 1.67. The molecule has 5 heteroatoms. The van der Waals surface area contributed by atoms with Gasteiger partial charge in [-0.2, -0.15) is 0 Å². The number of hydrogen-bond donors (Lipinski definition) is 1. The van der Waals surface area contributed by atoms with Gasteiger partial charge in [-0.05, 0) is 30.7 Å². The highest BCUT2D eigenvalue weighted by Crippen LogP contribution is 2.22. The van der Waals surface area contributed by atoms with E-state index in [0.29, 0.717) is 19.5 Å². The maximum absolute atomic E-state index is 12.8. The first-order chi connectivity index (χ1) is 12.7. The van der Waals surface area contributed by atoms with E-state index in [0.717, 1.165) is 24.2 Å². The molecule has 5 nitrogen and oxygen atoms in total. The molecule has 3 amide bonds. The van der Waals surface area contributed by atoms with E-state index in [2.05, 4.69) is 12.2 Å². The fourth-order valence-corrected chi connectivity index (χ4v) is 3.19. The fraction of sp³-hybridized carbons (Fsp3) is 0.333. The molecule has 1 fully saturated rings. The summed E-state index contributed by atoms with van der Waals surface area (Å²) in [5, 5.41) is 3.04.